The summed E-state index contributed by atoms with van der Waals surface area (Å²) in [6.07, 6.45) is 0. The maximum absolute atomic E-state index is 6.19. The van der Waals surface area contributed by atoms with Gasteiger partial charge in [0.2, 0.25) is 0 Å². The largest absolute Gasteiger partial charge is 0.374 e. The quantitative estimate of drug-likeness (QED) is 0.787. The van der Waals surface area contributed by atoms with Gasteiger partial charge in [0.05, 0.1) is 5.52 Å². The molecule has 19 heavy (non-hydrogen) atoms. The molecule has 0 radical (unpaired) electrons. The van der Waals surface area contributed by atoms with Crippen molar-refractivity contribution in [1.82, 2.24) is 14.5 Å². The van der Waals surface area contributed by atoms with Crippen LogP contribution in [0.5, 0.6) is 0 Å². The first-order valence-corrected chi connectivity index (χ1v) is 7.00. The Labute approximate surface area is 118 Å². The van der Waals surface area contributed by atoms with Crippen molar-refractivity contribution < 1.29 is 4.74 Å². The van der Waals surface area contributed by atoms with Crippen molar-refractivity contribution in [2.45, 2.75) is 40.8 Å². The van der Waals surface area contributed by atoms with Crippen LogP contribution in [0.25, 0.3) is 11.0 Å². The summed E-state index contributed by atoms with van der Waals surface area (Å²) < 4.78 is 7.69. The topological polar surface area (TPSA) is 39.9 Å². The molecule has 0 unspecified atom stereocenters. The highest BCUT2D eigenvalue weighted by Crippen LogP contribution is 2.24. The van der Waals surface area contributed by atoms with E-state index in [4.69, 9.17) is 16.3 Å². The SMILES string of the molecule is CCOCc1nc2c(Cl)nc(C)cc2n1CC(C)C. The van der Waals surface area contributed by atoms with Gasteiger partial charge in [0.15, 0.2) is 5.15 Å². The molecule has 0 bridgehead atoms. The normalized spacial score (nSPS) is 11.7. The highest BCUT2D eigenvalue weighted by Gasteiger charge is 2.15. The molecule has 2 aromatic heterocycles. The molecule has 4 nitrogen and oxygen atoms in total. The molecule has 0 atom stereocenters. The van der Waals surface area contributed by atoms with Crippen molar-refractivity contribution in [2.75, 3.05) is 6.61 Å². The Morgan fingerprint density at radius 2 is 2.11 bits per heavy atom. The van der Waals surface area contributed by atoms with E-state index in [9.17, 15) is 0 Å². The summed E-state index contributed by atoms with van der Waals surface area (Å²) in [4.78, 5) is 8.85. The molecular weight excluding hydrogens is 262 g/mol. The lowest BCUT2D eigenvalue weighted by Crippen LogP contribution is -2.10. The first-order chi connectivity index (χ1) is 9.02. The summed E-state index contributed by atoms with van der Waals surface area (Å²) >= 11 is 6.19. The third-order valence-electron chi connectivity index (χ3n) is 2.88. The van der Waals surface area contributed by atoms with Crippen molar-refractivity contribution in [3.63, 3.8) is 0 Å². The van der Waals surface area contributed by atoms with Gasteiger partial charge >= 0.3 is 0 Å². The lowest BCUT2D eigenvalue weighted by atomic mass is 10.2. The van der Waals surface area contributed by atoms with E-state index in [-0.39, 0.29) is 0 Å². The Morgan fingerprint density at radius 3 is 2.74 bits per heavy atom. The molecule has 2 heterocycles. The summed E-state index contributed by atoms with van der Waals surface area (Å²) in [5, 5.41) is 0.468. The van der Waals surface area contributed by atoms with Crippen LogP contribution < -0.4 is 0 Å². The fourth-order valence-electron chi connectivity index (χ4n) is 2.12. The number of ether oxygens (including phenoxy) is 1. The second kappa shape index (κ2) is 5.88. The Hall–Kier alpha value is -1.13. The van der Waals surface area contributed by atoms with E-state index in [0.717, 1.165) is 29.1 Å². The van der Waals surface area contributed by atoms with E-state index in [1.165, 1.54) is 0 Å². The highest BCUT2D eigenvalue weighted by molar-refractivity contribution is 6.33. The molecule has 0 saturated heterocycles. The molecule has 2 rings (SSSR count). The first kappa shape index (κ1) is 14.3. The van der Waals surface area contributed by atoms with Crippen LogP contribution in [0.2, 0.25) is 5.15 Å². The van der Waals surface area contributed by atoms with Gasteiger partial charge in [0, 0.05) is 18.8 Å². The fourth-order valence-corrected chi connectivity index (χ4v) is 2.39. The minimum Gasteiger partial charge on any atom is -0.374 e. The minimum absolute atomic E-state index is 0.468. The number of aryl methyl sites for hydroxylation is 1. The molecule has 0 amide bonds. The number of rotatable bonds is 5. The lowest BCUT2D eigenvalue weighted by Gasteiger charge is -2.11. The zero-order chi connectivity index (χ0) is 14.0. The number of halogens is 1. The van der Waals surface area contributed by atoms with Crippen molar-refractivity contribution in [2.24, 2.45) is 5.92 Å². The van der Waals surface area contributed by atoms with Crippen molar-refractivity contribution >= 4 is 22.6 Å². The molecule has 104 valence electrons. The van der Waals surface area contributed by atoms with Crippen molar-refractivity contribution in [1.29, 1.82) is 0 Å². The summed E-state index contributed by atoms with van der Waals surface area (Å²) in [5.74, 6) is 1.45. The number of aromatic nitrogens is 3. The standard InChI is InChI=1S/C14H20ClN3O/c1-5-19-8-12-17-13-11(18(12)7-9(2)3)6-10(4)16-14(13)15/h6,9H,5,7-8H2,1-4H3. The lowest BCUT2D eigenvalue weighted by molar-refractivity contribution is 0.125. The van der Waals surface area contributed by atoms with E-state index in [2.05, 4.69) is 28.4 Å². The predicted octanol–water partition coefficient (Wildman–Crippen LogP) is 3.59. The first-order valence-electron chi connectivity index (χ1n) is 6.63. The monoisotopic (exact) mass is 281 g/mol. The van der Waals surface area contributed by atoms with Gasteiger partial charge in [-0.05, 0) is 25.8 Å². The van der Waals surface area contributed by atoms with Gasteiger partial charge in [0.1, 0.15) is 17.9 Å². The van der Waals surface area contributed by atoms with Crippen LogP contribution in [-0.4, -0.2) is 21.1 Å². The van der Waals surface area contributed by atoms with Crippen LogP contribution in [0.4, 0.5) is 0 Å². The molecule has 0 aliphatic heterocycles. The predicted molar refractivity (Wildman–Crippen MR) is 77.4 cm³/mol. The number of nitrogens with zero attached hydrogens (tertiary/aromatic N) is 3. The number of hydrogen-bond acceptors (Lipinski definition) is 3. The number of pyridine rings is 1. The summed E-state index contributed by atoms with van der Waals surface area (Å²) in [6, 6.07) is 2.03. The molecule has 2 aromatic rings. The average Bonchev–Trinajstić information content (AvgIpc) is 2.65. The Balaban J connectivity index is 2.56. The van der Waals surface area contributed by atoms with E-state index >= 15 is 0 Å². The van der Waals surface area contributed by atoms with E-state index < -0.39 is 0 Å². The average molecular weight is 282 g/mol. The molecule has 0 saturated carbocycles. The van der Waals surface area contributed by atoms with Gasteiger partial charge in [-0.15, -0.1) is 0 Å². The Kier molecular flexibility index (Phi) is 4.42. The smallest absolute Gasteiger partial charge is 0.157 e. The summed E-state index contributed by atoms with van der Waals surface area (Å²) in [6.45, 7) is 10.4. The van der Waals surface area contributed by atoms with Crippen LogP contribution in [0.3, 0.4) is 0 Å². The van der Waals surface area contributed by atoms with E-state index in [1.54, 1.807) is 0 Å². The van der Waals surface area contributed by atoms with Crippen LogP contribution >= 0.6 is 11.6 Å². The zero-order valence-electron chi connectivity index (χ0n) is 11.9. The van der Waals surface area contributed by atoms with Gasteiger partial charge in [-0.3, -0.25) is 0 Å². The highest BCUT2D eigenvalue weighted by atomic mass is 35.5. The molecule has 0 aliphatic carbocycles. The van der Waals surface area contributed by atoms with Gasteiger partial charge in [-0.2, -0.15) is 0 Å². The van der Waals surface area contributed by atoms with Gasteiger partial charge < -0.3 is 9.30 Å². The molecular formula is C14H20ClN3O. The third-order valence-corrected chi connectivity index (χ3v) is 3.15. The molecule has 0 fully saturated rings. The summed E-state index contributed by atoms with van der Waals surface area (Å²) in [5.41, 5.74) is 2.72. The molecule has 0 aliphatic rings. The molecule has 0 spiro atoms. The van der Waals surface area contributed by atoms with Crippen LogP contribution in [0.15, 0.2) is 6.07 Å². The summed E-state index contributed by atoms with van der Waals surface area (Å²) in [7, 11) is 0. The van der Waals surface area contributed by atoms with E-state index in [1.807, 2.05) is 19.9 Å². The van der Waals surface area contributed by atoms with Crippen molar-refractivity contribution in [3.05, 3.63) is 22.7 Å². The third kappa shape index (κ3) is 3.07. The fraction of sp³-hybridized carbons (Fsp3) is 0.571. The van der Waals surface area contributed by atoms with Crippen molar-refractivity contribution in [3.8, 4) is 0 Å². The van der Waals surface area contributed by atoms with Gasteiger partial charge in [-0.1, -0.05) is 25.4 Å². The van der Waals surface area contributed by atoms with Gasteiger partial charge in [0.25, 0.3) is 0 Å². The van der Waals surface area contributed by atoms with E-state index in [0.29, 0.717) is 24.3 Å². The zero-order valence-corrected chi connectivity index (χ0v) is 12.7. The second-order valence-corrected chi connectivity index (χ2v) is 5.45. The molecule has 0 N–H and O–H groups in total. The minimum atomic E-state index is 0.468. The van der Waals surface area contributed by atoms with Crippen LogP contribution in [0, 0.1) is 12.8 Å². The van der Waals surface area contributed by atoms with Crippen LogP contribution in [-0.2, 0) is 17.9 Å². The Morgan fingerprint density at radius 1 is 1.37 bits per heavy atom. The Bertz CT molecular complexity index is 578. The number of imidazole rings is 1. The number of fused-ring (bicyclic) bond motifs is 1. The number of hydrogen-bond donors (Lipinski definition) is 0. The maximum atomic E-state index is 6.19. The van der Waals surface area contributed by atoms with Gasteiger partial charge in [-0.25, -0.2) is 9.97 Å². The second-order valence-electron chi connectivity index (χ2n) is 5.09. The molecule has 5 heteroatoms. The molecule has 0 aromatic carbocycles. The maximum Gasteiger partial charge on any atom is 0.157 e. The van der Waals surface area contributed by atoms with Crippen LogP contribution in [0.1, 0.15) is 32.3 Å².